The standard InChI is InChI=1S/C29H27ClN2O2S/c1-4-18-32(28(34)27-15-14-26(35-27)21-8-6-5-7-9-21)29(3,22-10-12-23(30)13-11-22)25-19-31-17-16-24(25)20(2)33/h5-17,19H,4,18H2,1-3H3. The number of amides is 1. The Balaban J connectivity index is 1.87. The van der Waals surface area contributed by atoms with Crippen molar-refractivity contribution in [3.05, 3.63) is 112 Å². The van der Waals surface area contributed by atoms with E-state index in [-0.39, 0.29) is 11.7 Å². The van der Waals surface area contributed by atoms with Crippen molar-refractivity contribution in [2.45, 2.75) is 32.7 Å². The van der Waals surface area contributed by atoms with E-state index in [1.165, 1.54) is 11.3 Å². The topological polar surface area (TPSA) is 50.3 Å². The highest BCUT2D eigenvalue weighted by atomic mass is 35.5. The van der Waals surface area contributed by atoms with Gasteiger partial charge in [-0.25, -0.2) is 0 Å². The molecule has 4 rings (SSSR count). The SMILES string of the molecule is CCCN(C(=O)c1ccc(-c2ccccc2)s1)C(C)(c1ccc(Cl)cc1)c1cnccc1C(C)=O. The lowest BCUT2D eigenvalue weighted by Crippen LogP contribution is -2.49. The zero-order chi connectivity index (χ0) is 25.0. The minimum atomic E-state index is -0.941. The first-order valence-corrected chi connectivity index (χ1v) is 12.7. The van der Waals surface area contributed by atoms with E-state index in [1.54, 1.807) is 25.4 Å². The molecule has 4 nitrogen and oxygen atoms in total. The van der Waals surface area contributed by atoms with Crippen LogP contribution in [0.2, 0.25) is 5.02 Å². The number of nitrogens with zero attached hydrogens (tertiary/aromatic N) is 2. The second kappa shape index (κ2) is 10.5. The number of rotatable bonds is 8. The van der Waals surface area contributed by atoms with Gasteiger partial charge in [0.25, 0.3) is 5.91 Å². The van der Waals surface area contributed by atoms with Gasteiger partial charge in [-0.15, -0.1) is 11.3 Å². The number of hydrogen-bond acceptors (Lipinski definition) is 4. The van der Waals surface area contributed by atoms with E-state index in [0.29, 0.717) is 27.6 Å². The third kappa shape index (κ3) is 4.93. The smallest absolute Gasteiger partial charge is 0.264 e. The van der Waals surface area contributed by atoms with Crippen molar-refractivity contribution in [3.63, 3.8) is 0 Å². The number of halogens is 1. The number of carbonyl (C=O) groups is 2. The van der Waals surface area contributed by atoms with Gasteiger partial charge in [-0.2, -0.15) is 0 Å². The summed E-state index contributed by atoms with van der Waals surface area (Å²) < 4.78 is 0. The van der Waals surface area contributed by atoms with Gasteiger partial charge in [0.15, 0.2) is 5.78 Å². The van der Waals surface area contributed by atoms with Crippen molar-refractivity contribution >= 4 is 34.6 Å². The molecule has 0 spiro atoms. The summed E-state index contributed by atoms with van der Waals surface area (Å²) in [4.78, 5) is 34.6. The number of ketones is 1. The molecule has 35 heavy (non-hydrogen) atoms. The van der Waals surface area contributed by atoms with Crippen LogP contribution in [0.25, 0.3) is 10.4 Å². The van der Waals surface area contributed by atoms with E-state index in [4.69, 9.17) is 11.6 Å². The van der Waals surface area contributed by atoms with Crippen molar-refractivity contribution in [3.8, 4) is 10.4 Å². The lowest BCUT2D eigenvalue weighted by Gasteiger charge is -2.43. The lowest BCUT2D eigenvalue weighted by atomic mass is 9.80. The molecule has 0 aliphatic carbocycles. The zero-order valence-electron chi connectivity index (χ0n) is 20.0. The molecule has 2 heterocycles. The summed E-state index contributed by atoms with van der Waals surface area (Å²) in [6.45, 7) is 6.07. The van der Waals surface area contributed by atoms with E-state index in [2.05, 4.69) is 4.98 Å². The molecule has 6 heteroatoms. The van der Waals surface area contributed by atoms with E-state index in [1.807, 2.05) is 85.5 Å². The second-order valence-corrected chi connectivity index (χ2v) is 10.1. The van der Waals surface area contributed by atoms with Crippen LogP contribution >= 0.6 is 22.9 Å². The molecule has 0 radical (unpaired) electrons. The first-order chi connectivity index (χ1) is 16.9. The van der Waals surface area contributed by atoms with E-state index >= 15 is 0 Å². The summed E-state index contributed by atoms with van der Waals surface area (Å²) in [6.07, 6.45) is 4.06. The van der Waals surface area contributed by atoms with E-state index in [9.17, 15) is 9.59 Å². The van der Waals surface area contributed by atoms with Gasteiger partial charge in [0, 0.05) is 40.0 Å². The molecule has 0 N–H and O–H groups in total. The largest absolute Gasteiger partial charge is 0.324 e. The van der Waals surface area contributed by atoms with Gasteiger partial charge in [-0.05, 0) is 61.7 Å². The highest BCUT2D eigenvalue weighted by molar-refractivity contribution is 7.17. The van der Waals surface area contributed by atoms with Crippen molar-refractivity contribution in [2.75, 3.05) is 6.54 Å². The second-order valence-electron chi connectivity index (χ2n) is 8.54. The van der Waals surface area contributed by atoms with Crippen LogP contribution < -0.4 is 0 Å². The molecule has 2 aromatic heterocycles. The molecule has 1 atom stereocenters. The molecular formula is C29H27ClN2O2S. The minimum absolute atomic E-state index is 0.0750. The van der Waals surface area contributed by atoms with Crippen molar-refractivity contribution in [1.82, 2.24) is 9.88 Å². The number of thiophene rings is 1. The molecule has 178 valence electrons. The third-order valence-electron chi connectivity index (χ3n) is 6.24. The number of carbonyl (C=O) groups excluding carboxylic acids is 2. The van der Waals surface area contributed by atoms with Gasteiger partial charge < -0.3 is 4.90 Å². The summed E-state index contributed by atoms with van der Waals surface area (Å²) in [6, 6.07) is 23.1. The van der Waals surface area contributed by atoms with Gasteiger partial charge in [0.05, 0.1) is 10.4 Å². The Labute approximate surface area is 215 Å². The Morgan fingerprint density at radius 2 is 1.71 bits per heavy atom. The molecule has 0 saturated heterocycles. The Morgan fingerprint density at radius 1 is 1.00 bits per heavy atom. The summed E-state index contributed by atoms with van der Waals surface area (Å²) >= 11 is 7.68. The highest BCUT2D eigenvalue weighted by Crippen LogP contribution is 2.40. The maximum atomic E-state index is 14.1. The fourth-order valence-electron chi connectivity index (χ4n) is 4.42. The number of pyridine rings is 1. The van der Waals surface area contributed by atoms with E-state index < -0.39 is 5.54 Å². The van der Waals surface area contributed by atoms with Crippen LogP contribution in [0.3, 0.4) is 0 Å². The molecular weight excluding hydrogens is 476 g/mol. The van der Waals surface area contributed by atoms with Crippen molar-refractivity contribution < 1.29 is 9.59 Å². The maximum Gasteiger partial charge on any atom is 0.264 e. The van der Waals surface area contributed by atoms with Gasteiger partial charge in [0.2, 0.25) is 0 Å². The predicted molar refractivity (Wildman–Crippen MR) is 143 cm³/mol. The van der Waals surface area contributed by atoms with Crippen LogP contribution in [0.1, 0.15) is 58.3 Å². The quantitative estimate of drug-likeness (QED) is 0.235. The monoisotopic (exact) mass is 502 g/mol. The highest BCUT2D eigenvalue weighted by Gasteiger charge is 2.41. The van der Waals surface area contributed by atoms with Crippen LogP contribution in [-0.2, 0) is 5.54 Å². The molecule has 0 bridgehead atoms. The lowest BCUT2D eigenvalue weighted by molar-refractivity contribution is 0.0582. The molecule has 1 amide bonds. The summed E-state index contributed by atoms with van der Waals surface area (Å²) in [5.74, 6) is -0.163. The van der Waals surface area contributed by atoms with Gasteiger partial charge >= 0.3 is 0 Å². The average Bonchev–Trinajstić information content (AvgIpc) is 3.38. The van der Waals surface area contributed by atoms with Crippen LogP contribution in [0.4, 0.5) is 0 Å². The molecule has 2 aromatic carbocycles. The number of aromatic nitrogens is 1. The number of Topliss-reactive ketones (excluding diaryl/α,β-unsaturated/α-hetero) is 1. The van der Waals surface area contributed by atoms with Gasteiger partial charge in [-0.3, -0.25) is 14.6 Å². The normalized spacial score (nSPS) is 12.7. The molecule has 4 aromatic rings. The van der Waals surface area contributed by atoms with Crippen molar-refractivity contribution in [2.24, 2.45) is 0 Å². The summed E-state index contributed by atoms with van der Waals surface area (Å²) in [5, 5.41) is 0.605. The first-order valence-electron chi connectivity index (χ1n) is 11.5. The molecule has 0 fully saturated rings. The Morgan fingerprint density at radius 3 is 2.37 bits per heavy atom. The minimum Gasteiger partial charge on any atom is -0.324 e. The zero-order valence-corrected chi connectivity index (χ0v) is 21.6. The number of benzene rings is 2. The Bertz CT molecular complexity index is 1330. The third-order valence-corrected chi connectivity index (χ3v) is 7.61. The molecule has 1 unspecified atom stereocenters. The Hall–Kier alpha value is -3.28. The van der Waals surface area contributed by atoms with Gasteiger partial charge in [-0.1, -0.05) is 61.0 Å². The molecule has 0 aliphatic heterocycles. The van der Waals surface area contributed by atoms with Crippen LogP contribution in [0.5, 0.6) is 0 Å². The first kappa shape index (κ1) is 24.8. The maximum absolute atomic E-state index is 14.1. The van der Waals surface area contributed by atoms with Crippen LogP contribution in [-0.4, -0.2) is 28.1 Å². The van der Waals surface area contributed by atoms with Crippen LogP contribution in [0, 0.1) is 0 Å². The van der Waals surface area contributed by atoms with Crippen molar-refractivity contribution in [1.29, 1.82) is 0 Å². The average molecular weight is 503 g/mol. The Kier molecular flexibility index (Phi) is 7.48. The summed E-state index contributed by atoms with van der Waals surface area (Å²) in [5.41, 5.74) is 2.23. The van der Waals surface area contributed by atoms with E-state index in [0.717, 1.165) is 22.4 Å². The molecule has 0 saturated carbocycles. The fourth-order valence-corrected chi connectivity index (χ4v) is 5.50. The summed E-state index contributed by atoms with van der Waals surface area (Å²) in [7, 11) is 0. The van der Waals surface area contributed by atoms with Crippen LogP contribution in [0.15, 0.2) is 85.2 Å². The van der Waals surface area contributed by atoms with Gasteiger partial charge in [0.1, 0.15) is 0 Å². The fraction of sp³-hybridized carbons (Fsp3) is 0.207. The number of hydrogen-bond donors (Lipinski definition) is 0. The predicted octanol–water partition coefficient (Wildman–Crippen LogP) is 7.48. The molecule has 0 aliphatic rings.